The molecule has 1 heterocycles. The van der Waals surface area contributed by atoms with Gasteiger partial charge in [-0.3, -0.25) is 4.79 Å². The van der Waals surface area contributed by atoms with Gasteiger partial charge in [0.1, 0.15) is 0 Å². The highest BCUT2D eigenvalue weighted by molar-refractivity contribution is 9.10. The van der Waals surface area contributed by atoms with Gasteiger partial charge in [-0.25, -0.2) is 0 Å². The molecule has 1 rings (SSSR count). The van der Waals surface area contributed by atoms with Gasteiger partial charge in [0.25, 0.3) is 0 Å². The number of nitrogens with zero attached hydrogens (tertiary/aromatic N) is 1. The lowest BCUT2D eigenvalue weighted by Crippen LogP contribution is -2.42. The van der Waals surface area contributed by atoms with E-state index in [2.05, 4.69) is 29.8 Å². The number of carbonyl (C=O) groups is 1. The van der Waals surface area contributed by atoms with E-state index in [1.807, 2.05) is 4.90 Å². The molecule has 1 aliphatic heterocycles. The van der Waals surface area contributed by atoms with Gasteiger partial charge in [-0.1, -0.05) is 29.8 Å². The lowest BCUT2D eigenvalue weighted by atomic mass is 10.1. The monoisotopic (exact) mass is 277 g/mol. The van der Waals surface area contributed by atoms with E-state index in [-0.39, 0.29) is 23.4 Å². The molecule has 0 radical (unpaired) electrons. The molecule has 1 amide bonds. The summed E-state index contributed by atoms with van der Waals surface area (Å²) in [6.07, 6.45) is 2.80. The normalized spacial score (nSPS) is 23.5. The number of halogens is 1. The molecule has 15 heavy (non-hydrogen) atoms. The third-order valence-corrected chi connectivity index (χ3v) is 3.58. The molecule has 0 bridgehead atoms. The zero-order chi connectivity index (χ0) is 11.4. The lowest BCUT2D eigenvalue weighted by Gasteiger charge is -2.26. The Morgan fingerprint density at radius 1 is 1.60 bits per heavy atom. The maximum Gasteiger partial charge on any atom is 0.236 e. The first-order valence-corrected chi connectivity index (χ1v) is 6.53. The Labute approximate surface area is 100.0 Å². The predicted molar refractivity (Wildman–Crippen MR) is 64.0 cm³/mol. The van der Waals surface area contributed by atoms with Crippen LogP contribution in [0.2, 0.25) is 0 Å². The van der Waals surface area contributed by atoms with E-state index in [0.29, 0.717) is 5.92 Å². The summed E-state index contributed by atoms with van der Waals surface area (Å²) < 4.78 is 0. The third-order valence-electron chi connectivity index (χ3n) is 2.82. The first kappa shape index (κ1) is 13.0. The molecular formula is C11H20BrNO2. The predicted octanol–water partition coefficient (Wildman–Crippen LogP) is 1.78. The van der Waals surface area contributed by atoms with E-state index in [1.165, 1.54) is 0 Å². The molecule has 0 saturated carbocycles. The van der Waals surface area contributed by atoms with Gasteiger partial charge in [-0.2, -0.15) is 0 Å². The van der Waals surface area contributed by atoms with Crippen molar-refractivity contribution in [2.75, 3.05) is 13.2 Å². The maximum atomic E-state index is 12.0. The minimum atomic E-state index is -0.0929. The fourth-order valence-corrected chi connectivity index (χ4v) is 3.02. The molecule has 0 aromatic rings. The summed E-state index contributed by atoms with van der Waals surface area (Å²) in [6.45, 7) is 5.10. The van der Waals surface area contributed by atoms with Gasteiger partial charge < -0.3 is 10.0 Å². The number of amides is 1. The number of alkyl halides is 1. The molecule has 1 aliphatic rings. The van der Waals surface area contributed by atoms with E-state index in [4.69, 9.17) is 5.11 Å². The van der Waals surface area contributed by atoms with Crippen molar-refractivity contribution in [2.24, 2.45) is 5.92 Å². The Kier molecular flexibility index (Phi) is 5.06. The van der Waals surface area contributed by atoms with Crippen LogP contribution in [-0.4, -0.2) is 39.9 Å². The molecule has 1 saturated heterocycles. The molecule has 4 heteroatoms. The average Bonchev–Trinajstić information content (AvgIpc) is 2.62. The molecule has 0 aromatic heterocycles. The molecule has 0 aliphatic carbocycles. The molecule has 1 fully saturated rings. The van der Waals surface area contributed by atoms with Crippen molar-refractivity contribution in [2.45, 2.75) is 44.0 Å². The van der Waals surface area contributed by atoms with E-state index >= 15 is 0 Å². The standard InChI is InChI=1S/C11H20BrNO2/c1-8(2)6-10(12)11(15)13-5-3-4-9(13)7-14/h8-10,14H,3-7H2,1-2H3/t9-,10?/m0/s1. The summed E-state index contributed by atoms with van der Waals surface area (Å²) in [5.74, 6) is 0.647. The fourth-order valence-electron chi connectivity index (χ4n) is 2.01. The highest BCUT2D eigenvalue weighted by atomic mass is 79.9. The second-order valence-corrected chi connectivity index (χ2v) is 5.71. The summed E-state index contributed by atoms with van der Waals surface area (Å²) in [4.78, 5) is 13.7. The van der Waals surface area contributed by atoms with Gasteiger partial charge in [-0.05, 0) is 25.2 Å². The minimum absolute atomic E-state index is 0.0460. The maximum absolute atomic E-state index is 12.0. The van der Waals surface area contributed by atoms with Crippen molar-refractivity contribution in [1.82, 2.24) is 4.90 Å². The van der Waals surface area contributed by atoms with Crippen molar-refractivity contribution < 1.29 is 9.90 Å². The molecular weight excluding hydrogens is 258 g/mol. The Morgan fingerprint density at radius 3 is 2.80 bits per heavy atom. The van der Waals surface area contributed by atoms with Crippen molar-refractivity contribution in [3.8, 4) is 0 Å². The van der Waals surface area contributed by atoms with Crippen molar-refractivity contribution in [1.29, 1.82) is 0 Å². The number of aliphatic hydroxyl groups is 1. The molecule has 0 aromatic carbocycles. The van der Waals surface area contributed by atoms with E-state index in [9.17, 15) is 4.79 Å². The van der Waals surface area contributed by atoms with Gasteiger partial charge in [0.05, 0.1) is 17.5 Å². The van der Waals surface area contributed by atoms with E-state index in [1.54, 1.807) is 0 Å². The molecule has 88 valence electrons. The number of carbonyl (C=O) groups excluding carboxylic acids is 1. The van der Waals surface area contributed by atoms with Crippen molar-refractivity contribution in [3.05, 3.63) is 0 Å². The summed E-state index contributed by atoms with van der Waals surface area (Å²) >= 11 is 3.44. The summed E-state index contributed by atoms with van der Waals surface area (Å²) in [5, 5.41) is 9.14. The number of hydrogen-bond acceptors (Lipinski definition) is 2. The summed E-state index contributed by atoms with van der Waals surface area (Å²) in [5.41, 5.74) is 0. The quantitative estimate of drug-likeness (QED) is 0.796. The topological polar surface area (TPSA) is 40.5 Å². The van der Waals surface area contributed by atoms with Crippen LogP contribution < -0.4 is 0 Å². The second-order valence-electron chi connectivity index (χ2n) is 4.61. The van der Waals surface area contributed by atoms with Crippen molar-refractivity contribution >= 4 is 21.8 Å². The third kappa shape index (κ3) is 3.45. The molecule has 1 N–H and O–H groups in total. The average molecular weight is 278 g/mol. The Bertz CT molecular complexity index is 221. The molecule has 3 nitrogen and oxygen atoms in total. The number of likely N-dealkylation sites (tertiary alicyclic amines) is 1. The summed E-state index contributed by atoms with van der Waals surface area (Å²) in [7, 11) is 0. The molecule has 1 unspecified atom stereocenters. The number of aliphatic hydroxyl groups excluding tert-OH is 1. The second kappa shape index (κ2) is 5.85. The van der Waals surface area contributed by atoms with Gasteiger partial charge >= 0.3 is 0 Å². The van der Waals surface area contributed by atoms with Gasteiger partial charge in [0.2, 0.25) is 5.91 Å². The highest BCUT2D eigenvalue weighted by Crippen LogP contribution is 2.22. The van der Waals surface area contributed by atoms with E-state index in [0.717, 1.165) is 25.8 Å². The van der Waals surface area contributed by atoms with Crippen LogP contribution in [0, 0.1) is 5.92 Å². The number of hydrogen-bond donors (Lipinski definition) is 1. The smallest absolute Gasteiger partial charge is 0.236 e. The Morgan fingerprint density at radius 2 is 2.27 bits per heavy atom. The van der Waals surface area contributed by atoms with Gasteiger partial charge in [0, 0.05) is 6.54 Å². The van der Waals surface area contributed by atoms with Crippen LogP contribution >= 0.6 is 15.9 Å². The van der Waals surface area contributed by atoms with Crippen LogP contribution in [-0.2, 0) is 4.79 Å². The Balaban J connectivity index is 2.51. The van der Waals surface area contributed by atoms with E-state index < -0.39 is 0 Å². The SMILES string of the molecule is CC(C)CC(Br)C(=O)N1CCC[C@H]1CO. The Hall–Kier alpha value is -0.0900. The summed E-state index contributed by atoms with van der Waals surface area (Å²) in [6, 6.07) is 0.0460. The van der Waals surface area contributed by atoms with Crippen LogP contribution in [0.4, 0.5) is 0 Å². The van der Waals surface area contributed by atoms with Crippen LogP contribution in [0.5, 0.6) is 0 Å². The largest absolute Gasteiger partial charge is 0.394 e. The number of rotatable bonds is 4. The van der Waals surface area contributed by atoms with Crippen LogP contribution in [0.1, 0.15) is 33.1 Å². The minimum Gasteiger partial charge on any atom is -0.394 e. The van der Waals surface area contributed by atoms with Crippen LogP contribution in [0.3, 0.4) is 0 Å². The highest BCUT2D eigenvalue weighted by Gasteiger charge is 2.31. The van der Waals surface area contributed by atoms with Crippen molar-refractivity contribution in [3.63, 3.8) is 0 Å². The molecule has 2 atom stereocenters. The van der Waals surface area contributed by atoms with Gasteiger partial charge in [-0.15, -0.1) is 0 Å². The first-order valence-electron chi connectivity index (χ1n) is 5.61. The van der Waals surface area contributed by atoms with Crippen LogP contribution in [0.25, 0.3) is 0 Å². The zero-order valence-corrected chi connectivity index (χ0v) is 11.0. The fraction of sp³-hybridized carbons (Fsp3) is 0.909. The van der Waals surface area contributed by atoms with Gasteiger partial charge in [0.15, 0.2) is 0 Å². The lowest BCUT2D eigenvalue weighted by molar-refractivity contribution is -0.132. The molecule has 0 spiro atoms. The zero-order valence-electron chi connectivity index (χ0n) is 9.45. The first-order chi connectivity index (χ1) is 7.06. The van der Waals surface area contributed by atoms with Crippen LogP contribution in [0.15, 0.2) is 0 Å².